The monoisotopic (exact) mass is 721 g/mol. The van der Waals surface area contributed by atoms with E-state index in [0.29, 0.717) is 0 Å². The summed E-state index contributed by atoms with van der Waals surface area (Å²) in [5.74, 6) is 1.14. The summed E-state index contributed by atoms with van der Waals surface area (Å²) in [7, 11) is 0. The third kappa shape index (κ3) is 5.39. The maximum absolute atomic E-state index is 6.96. The van der Waals surface area contributed by atoms with E-state index in [9.17, 15) is 0 Å². The Balaban J connectivity index is 0.914. The zero-order chi connectivity index (χ0) is 36.3. The summed E-state index contributed by atoms with van der Waals surface area (Å²) in [6.07, 6.45) is 6.65. The number of hydrogen-bond acceptors (Lipinski definition) is 3. The lowest BCUT2D eigenvalue weighted by Gasteiger charge is -2.27. The first-order valence-corrected chi connectivity index (χ1v) is 19.7. The maximum Gasteiger partial charge on any atom is 0.135 e. The van der Waals surface area contributed by atoms with Gasteiger partial charge in [0.2, 0.25) is 0 Å². The summed E-state index contributed by atoms with van der Waals surface area (Å²) in [6, 6.07) is 65.8. The van der Waals surface area contributed by atoms with E-state index >= 15 is 0 Å². The van der Waals surface area contributed by atoms with Crippen molar-refractivity contribution in [3.63, 3.8) is 0 Å². The first kappa shape index (κ1) is 31.8. The van der Waals surface area contributed by atoms with Gasteiger partial charge in [-0.05, 0) is 87.8 Å². The number of benzene rings is 8. The number of anilines is 3. The number of allylic oxidation sites excluding steroid dienone is 2. The third-order valence-electron chi connectivity index (χ3n) is 11.3. The van der Waals surface area contributed by atoms with Crippen LogP contribution in [0.5, 0.6) is 5.75 Å². The van der Waals surface area contributed by atoms with E-state index in [4.69, 9.17) is 4.74 Å². The molecule has 1 aromatic heterocycles. The average Bonchev–Trinajstić information content (AvgIpc) is 3.83. The van der Waals surface area contributed by atoms with Crippen molar-refractivity contribution in [1.29, 1.82) is 0 Å². The summed E-state index contributed by atoms with van der Waals surface area (Å²) < 4.78 is 9.61. The summed E-state index contributed by atoms with van der Waals surface area (Å²) >= 11 is 1.86. The molecule has 1 aliphatic heterocycles. The second-order valence-electron chi connectivity index (χ2n) is 14.4. The van der Waals surface area contributed by atoms with Crippen molar-refractivity contribution in [2.75, 3.05) is 4.90 Å². The average molecular weight is 722 g/mol. The Bertz CT molecular complexity index is 2940. The molecule has 260 valence electrons. The Morgan fingerprint density at radius 2 is 1.05 bits per heavy atom. The topological polar surface area (TPSA) is 12.5 Å². The van der Waals surface area contributed by atoms with Crippen LogP contribution in [0.2, 0.25) is 0 Å². The van der Waals surface area contributed by atoms with Gasteiger partial charge in [-0.2, -0.15) is 0 Å². The van der Waals surface area contributed by atoms with Gasteiger partial charge < -0.3 is 9.64 Å². The van der Waals surface area contributed by atoms with E-state index in [1.807, 2.05) is 11.3 Å². The molecular formula is C52H35NOS. The molecule has 0 radical (unpaired) electrons. The molecule has 0 N–H and O–H groups in total. The van der Waals surface area contributed by atoms with Gasteiger partial charge in [0.1, 0.15) is 11.9 Å². The number of thiophene rings is 1. The SMILES string of the molecule is C1=CC2c3cc(-c4ccccc4)c4ccccc4c3OC2C(c2ccc(N(c3ccccc3)c3ccc(-c4ccc5c(c4)sc4ccccc45)cc3)cc2)=C1. The number of hydrogen-bond donors (Lipinski definition) is 0. The maximum atomic E-state index is 6.96. The van der Waals surface area contributed by atoms with Crippen molar-refractivity contribution in [3.05, 3.63) is 211 Å². The lowest BCUT2D eigenvalue weighted by molar-refractivity contribution is 0.281. The predicted octanol–water partition coefficient (Wildman–Crippen LogP) is 14.5. The van der Waals surface area contributed by atoms with Crippen LogP contribution in [-0.4, -0.2) is 6.10 Å². The minimum atomic E-state index is -0.0927. The smallest absolute Gasteiger partial charge is 0.135 e. The molecule has 2 atom stereocenters. The van der Waals surface area contributed by atoms with Crippen molar-refractivity contribution in [3.8, 4) is 28.0 Å². The Morgan fingerprint density at radius 3 is 1.82 bits per heavy atom. The van der Waals surface area contributed by atoms with Crippen LogP contribution in [-0.2, 0) is 0 Å². The summed E-state index contributed by atoms with van der Waals surface area (Å²) in [6.45, 7) is 0. The van der Waals surface area contributed by atoms with Crippen molar-refractivity contribution >= 4 is 64.9 Å². The van der Waals surface area contributed by atoms with Crippen LogP contribution in [0.25, 0.3) is 58.8 Å². The quantitative estimate of drug-likeness (QED) is 0.169. The normalized spacial score (nSPS) is 15.8. The molecule has 0 spiro atoms. The molecule has 2 nitrogen and oxygen atoms in total. The molecule has 2 unspecified atom stereocenters. The molecule has 9 aromatic rings. The fourth-order valence-corrected chi connectivity index (χ4v) is 9.75. The fraction of sp³-hybridized carbons (Fsp3) is 0.0385. The molecule has 0 saturated heterocycles. The molecule has 0 amide bonds. The lowest BCUT2D eigenvalue weighted by Crippen LogP contribution is -2.21. The zero-order valence-corrected chi connectivity index (χ0v) is 30.8. The Morgan fingerprint density at radius 1 is 0.455 bits per heavy atom. The van der Waals surface area contributed by atoms with Crippen molar-refractivity contribution in [2.45, 2.75) is 12.0 Å². The molecule has 11 rings (SSSR count). The summed E-state index contributed by atoms with van der Waals surface area (Å²) in [5, 5.41) is 5.04. The van der Waals surface area contributed by atoms with Crippen LogP contribution in [0.3, 0.4) is 0 Å². The number of nitrogens with zero attached hydrogens (tertiary/aromatic N) is 1. The minimum absolute atomic E-state index is 0.0927. The van der Waals surface area contributed by atoms with Gasteiger partial charge in [0.15, 0.2) is 0 Å². The van der Waals surface area contributed by atoms with Crippen molar-refractivity contribution in [2.24, 2.45) is 0 Å². The van der Waals surface area contributed by atoms with Gasteiger partial charge in [-0.3, -0.25) is 0 Å². The number of rotatable bonds is 6. The molecular weight excluding hydrogens is 687 g/mol. The van der Waals surface area contributed by atoms with Crippen LogP contribution < -0.4 is 9.64 Å². The van der Waals surface area contributed by atoms with E-state index in [2.05, 4.69) is 205 Å². The van der Waals surface area contributed by atoms with Gasteiger partial charge in [0, 0.05) is 59.7 Å². The molecule has 1 aliphatic carbocycles. The van der Waals surface area contributed by atoms with Gasteiger partial charge in [0.25, 0.3) is 0 Å². The highest BCUT2D eigenvalue weighted by molar-refractivity contribution is 7.25. The standard InChI is InChI=1S/C52H35NOS/c1-3-12-35(13-4-1)47-33-48-46-20-11-19-41(51(46)54-52(48)45-18-8-7-16-42(45)47)36-24-29-40(30-25-36)53(38-14-5-2-6-15-38)39-27-22-34(23-28-39)37-26-31-44-43-17-9-10-21-49(43)55-50(44)32-37/h1-33,46,51H. The Kier molecular flexibility index (Phi) is 7.53. The van der Waals surface area contributed by atoms with Gasteiger partial charge in [-0.1, -0.05) is 146 Å². The molecule has 55 heavy (non-hydrogen) atoms. The fourth-order valence-electron chi connectivity index (χ4n) is 8.60. The first-order chi connectivity index (χ1) is 27.3. The highest BCUT2D eigenvalue weighted by Gasteiger charge is 2.38. The zero-order valence-electron chi connectivity index (χ0n) is 30.0. The van der Waals surface area contributed by atoms with Crippen molar-refractivity contribution in [1.82, 2.24) is 0 Å². The van der Waals surface area contributed by atoms with Gasteiger partial charge >= 0.3 is 0 Å². The predicted molar refractivity (Wildman–Crippen MR) is 233 cm³/mol. The van der Waals surface area contributed by atoms with E-state index in [1.165, 1.54) is 69.9 Å². The lowest BCUT2D eigenvalue weighted by atomic mass is 9.82. The van der Waals surface area contributed by atoms with Crippen LogP contribution >= 0.6 is 11.3 Å². The van der Waals surface area contributed by atoms with E-state index < -0.39 is 0 Å². The molecule has 0 bridgehead atoms. The van der Waals surface area contributed by atoms with Crippen LogP contribution in [0.1, 0.15) is 17.0 Å². The van der Waals surface area contributed by atoms with Crippen LogP contribution in [0, 0.1) is 0 Å². The third-order valence-corrected chi connectivity index (χ3v) is 12.4. The first-order valence-electron chi connectivity index (χ1n) is 18.9. The summed E-state index contributed by atoms with van der Waals surface area (Å²) in [4.78, 5) is 2.33. The van der Waals surface area contributed by atoms with Crippen LogP contribution in [0.15, 0.2) is 200 Å². The number of fused-ring (bicyclic) bond motifs is 8. The molecule has 0 fully saturated rings. The summed E-state index contributed by atoms with van der Waals surface area (Å²) in [5.41, 5.74) is 11.9. The molecule has 8 aromatic carbocycles. The molecule has 0 saturated carbocycles. The molecule has 2 heterocycles. The van der Waals surface area contributed by atoms with Gasteiger partial charge in [-0.15, -0.1) is 11.3 Å². The van der Waals surface area contributed by atoms with E-state index in [-0.39, 0.29) is 12.0 Å². The van der Waals surface area contributed by atoms with Crippen molar-refractivity contribution < 1.29 is 4.74 Å². The highest BCUT2D eigenvalue weighted by atomic mass is 32.1. The Labute approximate surface area is 324 Å². The number of para-hydroxylation sites is 1. The van der Waals surface area contributed by atoms with Gasteiger partial charge in [-0.25, -0.2) is 0 Å². The Hall–Kier alpha value is -6.68. The molecule has 3 heteroatoms. The second kappa shape index (κ2) is 13.0. The molecule has 2 aliphatic rings. The van der Waals surface area contributed by atoms with Gasteiger partial charge in [0.05, 0.1) is 0 Å². The minimum Gasteiger partial charge on any atom is -0.484 e. The van der Waals surface area contributed by atoms with E-state index in [1.54, 1.807) is 0 Å². The van der Waals surface area contributed by atoms with E-state index in [0.717, 1.165) is 22.8 Å². The largest absolute Gasteiger partial charge is 0.484 e. The van der Waals surface area contributed by atoms with Crippen LogP contribution in [0.4, 0.5) is 17.1 Å². The highest BCUT2D eigenvalue weighted by Crippen LogP contribution is 2.51. The number of ether oxygens (including phenoxy) is 1. The second-order valence-corrected chi connectivity index (χ2v) is 15.5.